The third-order valence-electron chi connectivity index (χ3n) is 5.89. The summed E-state index contributed by atoms with van der Waals surface area (Å²) in [5, 5.41) is 3.29. The number of amides is 1. The van der Waals surface area contributed by atoms with E-state index in [1.807, 2.05) is 13.0 Å². The van der Waals surface area contributed by atoms with Crippen molar-refractivity contribution in [3.05, 3.63) is 75.2 Å². The molecule has 1 aliphatic carbocycles. The fraction of sp³-hybridized carbons (Fsp3) is 0.308. The van der Waals surface area contributed by atoms with Gasteiger partial charge in [0.05, 0.1) is 17.1 Å². The van der Waals surface area contributed by atoms with Crippen LogP contribution in [-0.4, -0.2) is 26.9 Å². The van der Waals surface area contributed by atoms with Crippen molar-refractivity contribution in [1.29, 1.82) is 0 Å². The fourth-order valence-electron chi connectivity index (χ4n) is 4.20. The van der Waals surface area contributed by atoms with Crippen molar-refractivity contribution in [3.8, 4) is 0 Å². The molecule has 184 valence electrons. The molecule has 35 heavy (non-hydrogen) atoms. The highest BCUT2D eigenvalue weighted by Crippen LogP contribution is 2.39. The second kappa shape index (κ2) is 10.2. The van der Waals surface area contributed by atoms with Crippen molar-refractivity contribution >= 4 is 43.9 Å². The maximum absolute atomic E-state index is 13.2. The van der Waals surface area contributed by atoms with Gasteiger partial charge in [0.15, 0.2) is 0 Å². The van der Waals surface area contributed by atoms with E-state index in [2.05, 4.69) is 10.0 Å². The van der Waals surface area contributed by atoms with Crippen LogP contribution in [0.4, 0.5) is 10.7 Å². The van der Waals surface area contributed by atoms with Crippen LogP contribution in [0.5, 0.6) is 0 Å². The average Bonchev–Trinajstić information content (AvgIpc) is 3.17. The lowest BCUT2D eigenvalue weighted by molar-refractivity contribution is 0.0526. The molecule has 0 fully saturated rings. The van der Waals surface area contributed by atoms with Gasteiger partial charge in [-0.3, -0.25) is 9.52 Å². The van der Waals surface area contributed by atoms with E-state index in [1.165, 1.54) is 17.4 Å². The summed E-state index contributed by atoms with van der Waals surface area (Å²) < 4.78 is 34.1. The predicted molar refractivity (Wildman–Crippen MR) is 138 cm³/mol. The molecule has 4 rings (SSSR count). The minimum absolute atomic E-state index is 0.0164. The number of carbonyl (C=O) groups is 2. The zero-order chi connectivity index (χ0) is 25.2. The number of nitrogens with one attached hydrogen (secondary N) is 2. The summed E-state index contributed by atoms with van der Waals surface area (Å²) in [5.41, 5.74) is 3.43. The van der Waals surface area contributed by atoms with E-state index in [4.69, 9.17) is 4.74 Å². The Morgan fingerprint density at radius 1 is 1.06 bits per heavy atom. The topological polar surface area (TPSA) is 102 Å². The number of thiophene rings is 1. The van der Waals surface area contributed by atoms with E-state index in [0.29, 0.717) is 21.8 Å². The van der Waals surface area contributed by atoms with E-state index in [0.717, 1.165) is 41.7 Å². The number of rotatable bonds is 7. The number of carbonyl (C=O) groups excluding carboxylic acids is 2. The molecule has 2 N–H and O–H groups in total. The van der Waals surface area contributed by atoms with Crippen molar-refractivity contribution in [1.82, 2.24) is 0 Å². The molecule has 0 saturated carbocycles. The van der Waals surface area contributed by atoms with Gasteiger partial charge in [-0.05, 0) is 87.4 Å². The van der Waals surface area contributed by atoms with Gasteiger partial charge in [0, 0.05) is 16.1 Å². The summed E-state index contributed by atoms with van der Waals surface area (Å²) >= 11 is 1.39. The lowest BCUT2D eigenvalue weighted by atomic mass is 9.95. The molecular weight excluding hydrogens is 484 g/mol. The molecule has 1 amide bonds. The summed E-state index contributed by atoms with van der Waals surface area (Å²) in [6.07, 6.45) is 3.65. The Labute approximate surface area is 209 Å². The zero-order valence-electron chi connectivity index (χ0n) is 19.9. The maximum Gasteiger partial charge on any atom is 0.341 e. The van der Waals surface area contributed by atoms with Crippen molar-refractivity contribution < 1.29 is 22.7 Å². The van der Waals surface area contributed by atoms with Crippen LogP contribution >= 0.6 is 11.3 Å². The van der Waals surface area contributed by atoms with E-state index in [-0.39, 0.29) is 17.1 Å². The smallest absolute Gasteiger partial charge is 0.341 e. The SMILES string of the molecule is CCOC(=O)c1c(NC(=O)c2ccc(C)c(S(=O)(=O)Nc3cccc(C)c3)c2)sc2c1CCCC2. The number of hydrogen-bond acceptors (Lipinski definition) is 6. The van der Waals surface area contributed by atoms with Crippen LogP contribution in [0.3, 0.4) is 0 Å². The van der Waals surface area contributed by atoms with Gasteiger partial charge in [-0.15, -0.1) is 11.3 Å². The van der Waals surface area contributed by atoms with Gasteiger partial charge in [0.25, 0.3) is 15.9 Å². The van der Waals surface area contributed by atoms with Gasteiger partial charge in [-0.2, -0.15) is 0 Å². The number of hydrogen-bond donors (Lipinski definition) is 2. The minimum atomic E-state index is -3.92. The third kappa shape index (κ3) is 5.41. The van der Waals surface area contributed by atoms with Crippen molar-refractivity contribution in [3.63, 3.8) is 0 Å². The molecule has 0 atom stereocenters. The molecule has 0 saturated heterocycles. The van der Waals surface area contributed by atoms with E-state index in [1.54, 1.807) is 44.2 Å². The summed E-state index contributed by atoms with van der Waals surface area (Å²) in [7, 11) is -3.92. The summed E-state index contributed by atoms with van der Waals surface area (Å²) in [6, 6.07) is 11.6. The molecule has 7 nitrogen and oxygen atoms in total. The molecule has 1 aromatic heterocycles. The number of esters is 1. The summed E-state index contributed by atoms with van der Waals surface area (Å²) in [6.45, 7) is 5.54. The first-order valence-electron chi connectivity index (χ1n) is 11.5. The molecule has 0 aliphatic heterocycles. The first kappa shape index (κ1) is 24.9. The number of benzene rings is 2. The number of aryl methyl sites for hydroxylation is 3. The largest absolute Gasteiger partial charge is 0.462 e. The number of fused-ring (bicyclic) bond motifs is 1. The van der Waals surface area contributed by atoms with Crippen LogP contribution in [0.2, 0.25) is 0 Å². The molecule has 2 aromatic carbocycles. The quantitative estimate of drug-likeness (QED) is 0.409. The van der Waals surface area contributed by atoms with Crippen LogP contribution in [-0.2, 0) is 27.6 Å². The van der Waals surface area contributed by atoms with Crippen molar-refractivity contribution in [2.24, 2.45) is 0 Å². The highest BCUT2D eigenvalue weighted by molar-refractivity contribution is 7.92. The number of ether oxygens (including phenoxy) is 1. The Morgan fingerprint density at radius 2 is 1.83 bits per heavy atom. The fourth-order valence-corrected chi connectivity index (χ4v) is 6.79. The lowest BCUT2D eigenvalue weighted by Crippen LogP contribution is -2.18. The van der Waals surface area contributed by atoms with Gasteiger partial charge in [0.1, 0.15) is 5.00 Å². The van der Waals surface area contributed by atoms with Gasteiger partial charge >= 0.3 is 5.97 Å². The van der Waals surface area contributed by atoms with E-state index < -0.39 is 21.9 Å². The predicted octanol–water partition coefficient (Wildman–Crippen LogP) is 5.47. The Hall–Kier alpha value is -3.17. The molecule has 1 aliphatic rings. The molecule has 1 heterocycles. The molecule has 3 aromatic rings. The Balaban J connectivity index is 1.64. The van der Waals surface area contributed by atoms with Crippen LogP contribution in [0.15, 0.2) is 47.4 Å². The van der Waals surface area contributed by atoms with Gasteiger partial charge in [0.2, 0.25) is 0 Å². The van der Waals surface area contributed by atoms with Crippen LogP contribution in [0.25, 0.3) is 0 Å². The van der Waals surface area contributed by atoms with E-state index in [9.17, 15) is 18.0 Å². The average molecular weight is 513 g/mol. The summed E-state index contributed by atoms with van der Waals surface area (Å²) in [5.74, 6) is -0.933. The Kier molecular flexibility index (Phi) is 7.28. The lowest BCUT2D eigenvalue weighted by Gasteiger charge is -2.13. The van der Waals surface area contributed by atoms with Crippen LogP contribution in [0, 0.1) is 13.8 Å². The Morgan fingerprint density at radius 3 is 2.57 bits per heavy atom. The van der Waals surface area contributed by atoms with Crippen molar-refractivity contribution in [2.45, 2.75) is 51.3 Å². The van der Waals surface area contributed by atoms with Crippen LogP contribution < -0.4 is 10.0 Å². The monoisotopic (exact) mass is 512 g/mol. The molecule has 0 bridgehead atoms. The molecule has 0 spiro atoms. The first-order chi connectivity index (χ1) is 16.7. The zero-order valence-corrected chi connectivity index (χ0v) is 21.6. The van der Waals surface area contributed by atoms with Gasteiger partial charge in [-0.25, -0.2) is 13.2 Å². The number of anilines is 2. The second-order valence-electron chi connectivity index (χ2n) is 8.54. The third-order valence-corrected chi connectivity index (χ3v) is 8.62. The van der Waals surface area contributed by atoms with Crippen molar-refractivity contribution in [2.75, 3.05) is 16.6 Å². The van der Waals surface area contributed by atoms with Gasteiger partial charge in [-0.1, -0.05) is 18.2 Å². The standard InChI is InChI=1S/C26H28N2O5S2/c1-4-33-26(30)23-20-10-5-6-11-21(20)34-25(23)27-24(29)18-13-12-17(3)22(15-18)35(31,32)28-19-9-7-8-16(2)14-19/h7-9,12-15,28H,4-6,10-11H2,1-3H3,(H,27,29). The second-order valence-corrected chi connectivity index (χ2v) is 11.3. The highest BCUT2D eigenvalue weighted by Gasteiger charge is 2.28. The van der Waals surface area contributed by atoms with Gasteiger partial charge < -0.3 is 10.1 Å². The van der Waals surface area contributed by atoms with E-state index >= 15 is 0 Å². The molecular formula is C26H28N2O5S2. The normalized spacial score (nSPS) is 13.1. The highest BCUT2D eigenvalue weighted by atomic mass is 32.2. The Bertz CT molecular complexity index is 1390. The number of sulfonamides is 1. The van der Waals surface area contributed by atoms with Crippen LogP contribution in [0.1, 0.15) is 62.0 Å². The first-order valence-corrected chi connectivity index (χ1v) is 13.8. The molecule has 0 unspecified atom stereocenters. The molecule has 9 heteroatoms. The molecule has 0 radical (unpaired) electrons. The minimum Gasteiger partial charge on any atom is -0.462 e. The summed E-state index contributed by atoms with van der Waals surface area (Å²) in [4.78, 5) is 27.0. The maximum atomic E-state index is 13.2.